The van der Waals surface area contributed by atoms with Gasteiger partial charge in [0.2, 0.25) is 5.43 Å². The van der Waals surface area contributed by atoms with Crippen molar-refractivity contribution in [3.05, 3.63) is 75.6 Å². The van der Waals surface area contributed by atoms with E-state index in [0.29, 0.717) is 29.8 Å². The molecule has 2 aromatic carbocycles. The Balaban J connectivity index is 1.28. The number of carbonyl (C=O) groups excluding carboxylic acids is 1. The molecular weight excluding hydrogens is 432 g/mol. The van der Waals surface area contributed by atoms with Gasteiger partial charge in [-0.15, -0.1) is 0 Å². The first-order chi connectivity index (χ1) is 16.6. The van der Waals surface area contributed by atoms with Crippen molar-refractivity contribution in [3.63, 3.8) is 0 Å². The normalized spacial score (nSPS) is 14.3. The van der Waals surface area contributed by atoms with Crippen LogP contribution in [-0.4, -0.2) is 61.8 Å². The topological polar surface area (TPSA) is 95.7 Å². The number of hydrogen-bond acceptors (Lipinski definition) is 6. The number of amides is 1. The second-order valence-electron chi connectivity index (χ2n) is 8.30. The molecule has 1 aromatic heterocycles. The summed E-state index contributed by atoms with van der Waals surface area (Å²) in [5.74, 6) is 0.201. The molecule has 0 bridgehead atoms. The van der Waals surface area contributed by atoms with Crippen LogP contribution >= 0.6 is 0 Å². The number of nitrogens with zero attached hydrogens (tertiary/aromatic N) is 1. The quantitative estimate of drug-likeness (QED) is 0.399. The molecule has 1 fully saturated rings. The Morgan fingerprint density at radius 1 is 1.09 bits per heavy atom. The van der Waals surface area contributed by atoms with Gasteiger partial charge in [-0.1, -0.05) is 24.3 Å². The molecule has 8 nitrogen and oxygen atoms in total. The van der Waals surface area contributed by atoms with E-state index in [1.807, 2.05) is 19.1 Å². The number of ether oxygens (including phenoxy) is 2. The minimum atomic E-state index is -0.404. The molecule has 3 aromatic rings. The number of nitrogens with one attached hydrogen (secondary N) is 3. The zero-order valence-corrected chi connectivity index (χ0v) is 19.6. The Morgan fingerprint density at radius 3 is 2.56 bits per heavy atom. The van der Waals surface area contributed by atoms with Crippen LogP contribution < -0.4 is 20.8 Å². The van der Waals surface area contributed by atoms with Gasteiger partial charge in [0.1, 0.15) is 11.3 Å². The standard InChI is InChI=1S/C26H32N4O4/c1-2-34-21-7-8-24-22(15-21)25(31)23(18-28-24)26(32)29-17-20-5-3-19(4-6-20)16-27-9-10-30-11-13-33-14-12-30/h3-8,15,18,27H,2,9-14,16-17H2,1H3,(H,28,31)(H,29,32). The summed E-state index contributed by atoms with van der Waals surface area (Å²) in [6.07, 6.45) is 1.46. The number of morpholine rings is 1. The predicted octanol–water partition coefficient (Wildman–Crippen LogP) is 2.28. The third-order valence-electron chi connectivity index (χ3n) is 5.92. The number of aromatic amines is 1. The summed E-state index contributed by atoms with van der Waals surface area (Å²) in [5, 5.41) is 6.75. The van der Waals surface area contributed by atoms with Gasteiger partial charge in [0.25, 0.3) is 5.91 Å². The lowest BCUT2D eigenvalue weighted by molar-refractivity contribution is 0.0384. The van der Waals surface area contributed by atoms with E-state index in [2.05, 4.69) is 32.7 Å². The van der Waals surface area contributed by atoms with Gasteiger partial charge in [-0.05, 0) is 36.2 Å². The molecule has 180 valence electrons. The van der Waals surface area contributed by atoms with Crippen LogP contribution in [0.3, 0.4) is 0 Å². The van der Waals surface area contributed by atoms with Crippen LogP contribution in [0.5, 0.6) is 5.75 Å². The number of pyridine rings is 1. The maximum absolute atomic E-state index is 12.9. The highest BCUT2D eigenvalue weighted by atomic mass is 16.5. The van der Waals surface area contributed by atoms with Gasteiger partial charge in [0.15, 0.2) is 0 Å². The molecule has 0 atom stereocenters. The zero-order valence-electron chi connectivity index (χ0n) is 19.6. The summed E-state index contributed by atoms with van der Waals surface area (Å²) in [6.45, 7) is 9.14. The van der Waals surface area contributed by atoms with Crippen LogP contribution in [0.2, 0.25) is 0 Å². The van der Waals surface area contributed by atoms with Crippen LogP contribution in [0.1, 0.15) is 28.4 Å². The lowest BCUT2D eigenvalue weighted by Gasteiger charge is -2.26. The molecule has 3 N–H and O–H groups in total. The Bertz CT molecular complexity index is 1150. The average Bonchev–Trinajstić information content (AvgIpc) is 2.87. The van der Waals surface area contributed by atoms with E-state index in [4.69, 9.17) is 9.47 Å². The molecule has 34 heavy (non-hydrogen) atoms. The Morgan fingerprint density at radius 2 is 1.82 bits per heavy atom. The first-order valence-electron chi connectivity index (χ1n) is 11.8. The van der Waals surface area contributed by atoms with E-state index in [0.717, 1.165) is 51.5 Å². The highest BCUT2D eigenvalue weighted by molar-refractivity contribution is 5.97. The number of fused-ring (bicyclic) bond motifs is 1. The highest BCUT2D eigenvalue weighted by Crippen LogP contribution is 2.17. The number of hydrogen-bond donors (Lipinski definition) is 3. The minimum Gasteiger partial charge on any atom is -0.494 e. The maximum Gasteiger partial charge on any atom is 0.257 e. The van der Waals surface area contributed by atoms with E-state index in [-0.39, 0.29) is 11.0 Å². The van der Waals surface area contributed by atoms with E-state index < -0.39 is 5.91 Å². The lowest BCUT2D eigenvalue weighted by Crippen LogP contribution is -2.40. The van der Waals surface area contributed by atoms with Crippen molar-refractivity contribution in [1.82, 2.24) is 20.5 Å². The number of H-pyrrole nitrogens is 1. The summed E-state index contributed by atoms with van der Waals surface area (Å²) >= 11 is 0. The first-order valence-corrected chi connectivity index (χ1v) is 11.8. The molecule has 0 saturated carbocycles. The van der Waals surface area contributed by atoms with E-state index in [1.54, 1.807) is 18.2 Å². The van der Waals surface area contributed by atoms with Gasteiger partial charge in [-0.2, -0.15) is 0 Å². The summed E-state index contributed by atoms with van der Waals surface area (Å²) in [7, 11) is 0. The smallest absolute Gasteiger partial charge is 0.257 e. The van der Waals surface area contributed by atoms with Gasteiger partial charge in [-0.3, -0.25) is 14.5 Å². The third kappa shape index (κ3) is 6.22. The molecule has 1 amide bonds. The molecule has 1 saturated heterocycles. The van der Waals surface area contributed by atoms with Crippen LogP contribution in [0.25, 0.3) is 10.9 Å². The second-order valence-corrected chi connectivity index (χ2v) is 8.30. The minimum absolute atomic E-state index is 0.0854. The summed E-state index contributed by atoms with van der Waals surface area (Å²) in [4.78, 5) is 31.0. The highest BCUT2D eigenvalue weighted by Gasteiger charge is 2.14. The van der Waals surface area contributed by atoms with Crippen LogP contribution in [0.15, 0.2) is 53.5 Å². The Labute approximate surface area is 199 Å². The summed E-state index contributed by atoms with van der Waals surface area (Å²) in [6, 6.07) is 13.4. The molecular formula is C26H32N4O4. The SMILES string of the molecule is CCOc1ccc2[nH]cc(C(=O)NCc3ccc(CNCCN4CCOCC4)cc3)c(=O)c2c1. The Kier molecular flexibility index (Phi) is 8.30. The summed E-state index contributed by atoms with van der Waals surface area (Å²) < 4.78 is 10.8. The van der Waals surface area contributed by atoms with Gasteiger partial charge in [-0.25, -0.2) is 0 Å². The molecule has 0 spiro atoms. The van der Waals surface area contributed by atoms with Gasteiger partial charge in [0, 0.05) is 56.4 Å². The number of benzene rings is 2. The van der Waals surface area contributed by atoms with Crippen molar-refractivity contribution in [2.45, 2.75) is 20.0 Å². The molecule has 0 unspecified atom stereocenters. The number of carbonyl (C=O) groups is 1. The van der Waals surface area contributed by atoms with Gasteiger partial charge >= 0.3 is 0 Å². The zero-order chi connectivity index (χ0) is 23.8. The fraction of sp³-hybridized carbons (Fsp3) is 0.385. The second kappa shape index (κ2) is 11.8. The van der Waals surface area contributed by atoms with E-state index >= 15 is 0 Å². The lowest BCUT2D eigenvalue weighted by atomic mass is 10.1. The van der Waals surface area contributed by atoms with Crippen molar-refractivity contribution in [2.24, 2.45) is 0 Å². The predicted molar refractivity (Wildman–Crippen MR) is 132 cm³/mol. The van der Waals surface area contributed by atoms with Crippen molar-refractivity contribution in [2.75, 3.05) is 46.0 Å². The van der Waals surface area contributed by atoms with Crippen LogP contribution in [-0.2, 0) is 17.8 Å². The molecule has 2 heterocycles. The van der Waals surface area contributed by atoms with Crippen molar-refractivity contribution in [3.8, 4) is 5.75 Å². The van der Waals surface area contributed by atoms with Crippen LogP contribution in [0.4, 0.5) is 0 Å². The van der Waals surface area contributed by atoms with Gasteiger partial charge < -0.3 is 25.1 Å². The van der Waals surface area contributed by atoms with E-state index in [9.17, 15) is 9.59 Å². The Hall–Kier alpha value is -3.20. The number of rotatable bonds is 10. The monoisotopic (exact) mass is 464 g/mol. The van der Waals surface area contributed by atoms with Gasteiger partial charge in [0.05, 0.1) is 19.8 Å². The molecule has 1 aliphatic rings. The molecule has 8 heteroatoms. The fourth-order valence-electron chi connectivity index (χ4n) is 3.97. The average molecular weight is 465 g/mol. The molecule has 0 radical (unpaired) electrons. The third-order valence-corrected chi connectivity index (χ3v) is 5.92. The summed E-state index contributed by atoms with van der Waals surface area (Å²) in [5.41, 5.74) is 2.60. The fourth-order valence-corrected chi connectivity index (χ4v) is 3.97. The maximum atomic E-state index is 12.9. The van der Waals surface area contributed by atoms with E-state index in [1.165, 1.54) is 11.8 Å². The van der Waals surface area contributed by atoms with Crippen LogP contribution in [0, 0.1) is 0 Å². The van der Waals surface area contributed by atoms with Crippen molar-refractivity contribution in [1.29, 1.82) is 0 Å². The first kappa shape index (κ1) is 23.9. The molecule has 1 aliphatic heterocycles. The van der Waals surface area contributed by atoms with Crippen molar-refractivity contribution < 1.29 is 14.3 Å². The largest absolute Gasteiger partial charge is 0.494 e. The van der Waals surface area contributed by atoms with Crippen molar-refractivity contribution >= 4 is 16.8 Å². The molecule has 4 rings (SSSR count). The molecule has 0 aliphatic carbocycles. The number of aromatic nitrogens is 1.